The molecule has 0 saturated carbocycles. The summed E-state index contributed by atoms with van der Waals surface area (Å²) in [6, 6.07) is 9.02. The summed E-state index contributed by atoms with van der Waals surface area (Å²) in [6.45, 7) is 0.449. The van der Waals surface area contributed by atoms with Crippen molar-refractivity contribution in [1.82, 2.24) is 13.6 Å². The lowest BCUT2D eigenvalue weighted by Gasteiger charge is -2.32. The molecule has 9 nitrogen and oxygen atoms in total. The molecule has 3 heterocycles. The van der Waals surface area contributed by atoms with Crippen molar-refractivity contribution in [2.45, 2.75) is 24.9 Å². The number of aromatic nitrogens is 1. The molecule has 0 spiro atoms. The van der Waals surface area contributed by atoms with Gasteiger partial charge in [0.2, 0.25) is 5.88 Å². The second kappa shape index (κ2) is 9.63. The van der Waals surface area contributed by atoms with Gasteiger partial charge in [0.05, 0.1) is 17.5 Å². The van der Waals surface area contributed by atoms with Crippen molar-refractivity contribution in [1.29, 1.82) is 0 Å². The molecule has 0 bridgehead atoms. The quantitative estimate of drug-likeness (QED) is 0.601. The average Bonchev–Trinajstić information content (AvgIpc) is 3.23. The molecule has 2 aliphatic rings. The fraction of sp³-hybridized carbons (Fsp3) is 0.476. The molecule has 2 saturated heterocycles. The Kier molecular flexibility index (Phi) is 7.01. The van der Waals surface area contributed by atoms with E-state index in [1.807, 2.05) is 0 Å². The Morgan fingerprint density at radius 1 is 1.15 bits per heavy atom. The zero-order chi connectivity index (χ0) is 23.6. The van der Waals surface area contributed by atoms with Gasteiger partial charge in [-0.25, -0.2) is 17.8 Å². The molecule has 1 aromatic heterocycles. The molecule has 2 N–H and O–H groups in total. The number of pyridine rings is 1. The van der Waals surface area contributed by atoms with E-state index in [1.54, 1.807) is 30.5 Å². The molecule has 0 aliphatic carbocycles. The Morgan fingerprint density at radius 2 is 1.85 bits per heavy atom. The van der Waals surface area contributed by atoms with Crippen LogP contribution in [0.5, 0.6) is 5.88 Å². The first-order chi connectivity index (χ1) is 15.7. The van der Waals surface area contributed by atoms with Gasteiger partial charge in [0, 0.05) is 38.4 Å². The van der Waals surface area contributed by atoms with E-state index in [1.165, 1.54) is 20.7 Å². The van der Waals surface area contributed by atoms with Crippen molar-refractivity contribution < 1.29 is 26.0 Å². The number of nitrogens with zero attached hydrogens (tertiary/aromatic N) is 3. The summed E-state index contributed by atoms with van der Waals surface area (Å²) in [5.74, 6) is -0.548. The van der Waals surface area contributed by atoms with Gasteiger partial charge in [-0.1, -0.05) is 12.1 Å². The molecule has 2 aromatic rings. The molecule has 4 rings (SSSR count). The zero-order valence-corrected chi connectivity index (χ0v) is 19.6. The zero-order valence-electron chi connectivity index (χ0n) is 18.0. The molecule has 12 heteroatoms. The molecule has 180 valence electrons. The monoisotopic (exact) mass is 498 g/mol. The van der Waals surface area contributed by atoms with Gasteiger partial charge in [-0.05, 0) is 41.7 Å². The number of hydrogen-bond acceptors (Lipinski definition) is 7. The Balaban J connectivity index is 1.55. The summed E-state index contributed by atoms with van der Waals surface area (Å²) < 4.78 is 72.3. The second-order valence-electron chi connectivity index (χ2n) is 8.28. The topological polar surface area (TPSA) is 123 Å². The minimum absolute atomic E-state index is 0.0734. The van der Waals surface area contributed by atoms with Gasteiger partial charge in [0.15, 0.2) is 9.84 Å². The van der Waals surface area contributed by atoms with E-state index < -0.39 is 26.1 Å². The highest BCUT2D eigenvalue weighted by Gasteiger charge is 2.44. The van der Waals surface area contributed by atoms with Crippen LogP contribution in [-0.4, -0.2) is 74.2 Å². The molecule has 2 fully saturated rings. The molecule has 0 radical (unpaired) electrons. The lowest BCUT2D eigenvalue weighted by atomic mass is 9.96. The minimum Gasteiger partial charge on any atom is -0.476 e. The smallest absolute Gasteiger partial charge is 0.282 e. The van der Waals surface area contributed by atoms with Crippen molar-refractivity contribution in [2.75, 3.05) is 37.7 Å². The molecule has 33 heavy (non-hydrogen) atoms. The third-order valence-electron chi connectivity index (χ3n) is 6.09. The van der Waals surface area contributed by atoms with Gasteiger partial charge in [0.1, 0.15) is 12.4 Å². The van der Waals surface area contributed by atoms with Crippen molar-refractivity contribution in [3.8, 4) is 5.88 Å². The lowest BCUT2D eigenvalue weighted by molar-refractivity contribution is 0.218. The van der Waals surface area contributed by atoms with E-state index in [4.69, 9.17) is 10.5 Å². The predicted molar refractivity (Wildman–Crippen MR) is 121 cm³/mol. The van der Waals surface area contributed by atoms with Gasteiger partial charge >= 0.3 is 0 Å². The van der Waals surface area contributed by atoms with E-state index >= 15 is 0 Å². The molecule has 2 atom stereocenters. The van der Waals surface area contributed by atoms with Crippen LogP contribution >= 0.6 is 0 Å². The summed E-state index contributed by atoms with van der Waals surface area (Å²) in [5, 5.41) is 0. The normalized spacial score (nSPS) is 24.1. The maximum absolute atomic E-state index is 13.5. The number of hydrogen-bond donors (Lipinski definition) is 1. The Morgan fingerprint density at radius 3 is 2.52 bits per heavy atom. The van der Waals surface area contributed by atoms with Crippen LogP contribution in [0.2, 0.25) is 0 Å². The number of rotatable bonds is 7. The summed E-state index contributed by atoms with van der Waals surface area (Å²) in [4.78, 5) is 4.16. The standard InChI is InChI=1S/C21H27FN4O5S2/c22-19-3-1-17(2-4-19)18-12-20(15-31-21-11-16(13-23)5-6-24-21)26(14-18)33(29,30)25-7-9-32(27,28)10-8-25/h1-6,11,18,20H,7-10,12-15,23H2/t18-,20-/m0/s1. The maximum Gasteiger partial charge on any atom is 0.282 e. The average molecular weight is 499 g/mol. The highest BCUT2D eigenvalue weighted by atomic mass is 32.2. The summed E-state index contributed by atoms with van der Waals surface area (Å²) >= 11 is 0. The Bertz CT molecular complexity index is 1180. The molecule has 2 aliphatic heterocycles. The van der Waals surface area contributed by atoms with E-state index in [9.17, 15) is 21.2 Å². The van der Waals surface area contributed by atoms with Crippen LogP contribution in [0.3, 0.4) is 0 Å². The van der Waals surface area contributed by atoms with Crippen LogP contribution < -0.4 is 10.5 Å². The third-order valence-corrected chi connectivity index (χ3v) is 9.76. The van der Waals surface area contributed by atoms with E-state index in [0.29, 0.717) is 18.8 Å². The van der Waals surface area contributed by atoms with E-state index in [-0.39, 0.29) is 49.5 Å². The maximum atomic E-state index is 13.5. The third kappa shape index (κ3) is 5.52. The fourth-order valence-corrected chi connectivity index (χ4v) is 7.47. The van der Waals surface area contributed by atoms with E-state index in [0.717, 1.165) is 11.1 Å². The van der Waals surface area contributed by atoms with Crippen molar-refractivity contribution in [3.63, 3.8) is 0 Å². The molecular formula is C21H27FN4O5S2. The van der Waals surface area contributed by atoms with Gasteiger partial charge < -0.3 is 10.5 Å². The summed E-state index contributed by atoms with van der Waals surface area (Å²) in [7, 11) is -7.15. The molecule has 0 amide bonds. The highest BCUT2D eigenvalue weighted by molar-refractivity contribution is 7.91. The Hall–Kier alpha value is -2.12. The minimum atomic E-state index is -3.92. The van der Waals surface area contributed by atoms with Crippen LogP contribution in [0.25, 0.3) is 0 Å². The lowest BCUT2D eigenvalue weighted by Crippen LogP contribution is -2.52. The first-order valence-electron chi connectivity index (χ1n) is 10.7. The largest absolute Gasteiger partial charge is 0.476 e. The number of sulfone groups is 1. The molecular weight excluding hydrogens is 471 g/mol. The van der Waals surface area contributed by atoms with Crippen LogP contribution in [0, 0.1) is 5.82 Å². The predicted octanol–water partition coefficient (Wildman–Crippen LogP) is 0.892. The van der Waals surface area contributed by atoms with E-state index in [2.05, 4.69) is 4.98 Å². The van der Waals surface area contributed by atoms with Gasteiger partial charge in [-0.2, -0.15) is 17.0 Å². The van der Waals surface area contributed by atoms with Gasteiger partial charge in [-0.15, -0.1) is 0 Å². The van der Waals surface area contributed by atoms with Crippen LogP contribution in [0.15, 0.2) is 42.6 Å². The fourth-order valence-electron chi connectivity index (χ4n) is 4.21. The van der Waals surface area contributed by atoms with Crippen molar-refractivity contribution in [3.05, 3.63) is 59.5 Å². The number of ether oxygens (including phenoxy) is 1. The molecule has 1 aromatic carbocycles. The Labute approximate surface area is 193 Å². The summed E-state index contributed by atoms with van der Waals surface area (Å²) in [5.41, 5.74) is 7.34. The van der Waals surface area contributed by atoms with Gasteiger partial charge in [0.25, 0.3) is 10.2 Å². The first kappa shape index (κ1) is 24.0. The van der Waals surface area contributed by atoms with Crippen LogP contribution in [0.1, 0.15) is 23.5 Å². The number of benzene rings is 1. The van der Waals surface area contributed by atoms with Crippen molar-refractivity contribution in [2.24, 2.45) is 5.73 Å². The first-order valence-corrected chi connectivity index (χ1v) is 13.9. The second-order valence-corrected chi connectivity index (χ2v) is 12.5. The van der Waals surface area contributed by atoms with Crippen LogP contribution in [-0.2, 0) is 26.6 Å². The van der Waals surface area contributed by atoms with Gasteiger partial charge in [-0.3, -0.25) is 0 Å². The highest BCUT2D eigenvalue weighted by Crippen LogP contribution is 2.35. The summed E-state index contributed by atoms with van der Waals surface area (Å²) in [6.07, 6.45) is 2.06. The van der Waals surface area contributed by atoms with Crippen LogP contribution in [0.4, 0.5) is 4.39 Å². The SMILES string of the molecule is NCc1ccnc(OC[C@@H]2C[C@H](c3ccc(F)cc3)CN2S(=O)(=O)N2CCS(=O)(=O)CC2)c1. The number of halogens is 1. The number of nitrogens with two attached hydrogens (primary N) is 1. The molecule has 0 unspecified atom stereocenters. The van der Waals surface area contributed by atoms with Crippen molar-refractivity contribution >= 4 is 20.0 Å².